The Bertz CT molecular complexity index is 1410. The number of anilines is 2. The maximum Gasteiger partial charge on any atom is 0.330 e. The molecule has 0 aliphatic carbocycles. The zero-order valence-corrected chi connectivity index (χ0v) is 19.3. The summed E-state index contributed by atoms with van der Waals surface area (Å²) in [7, 11) is 0. The van der Waals surface area contributed by atoms with E-state index in [2.05, 4.69) is 4.98 Å². The van der Waals surface area contributed by atoms with E-state index in [-0.39, 0.29) is 37.6 Å². The van der Waals surface area contributed by atoms with E-state index in [0.29, 0.717) is 11.5 Å². The fourth-order valence-electron chi connectivity index (χ4n) is 3.71. The zero-order chi connectivity index (χ0) is 24.8. The van der Waals surface area contributed by atoms with Gasteiger partial charge >= 0.3 is 5.69 Å². The minimum Gasteiger partial charge on any atom is -0.493 e. The molecule has 0 aliphatic rings. The van der Waals surface area contributed by atoms with Crippen LogP contribution < -0.4 is 26.6 Å². The summed E-state index contributed by atoms with van der Waals surface area (Å²) in [5.74, 6) is 0.583. The number of furan rings is 1. The Hall–Kier alpha value is -4.53. The van der Waals surface area contributed by atoms with Crippen molar-refractivity contribution in [2.45, 2.75) is 26.4 Å². The fraction of sp³-hybridized carbons (Fsp3) is 0.192. The number of carbonyl (C=O) groups excluding carboxylic acids is 1. The van der Waals surface area contributed by atoms with E-state index in [9.17, 15) is 14.4 Å². The van der Waals surface area contributed by atoms with Gasteiger partial charge < -0.3 is 14.9 Å². The first-order valence-corrected chi connectivity index (χ1v) is 11.1. The van der Waals surface area contributed by atoms with Gasteiger partial charge in [0.1, 0.15) is 17.3 Å². The van der Waals surface area contributed by atoms with Crippen LogP contribution in [0.15, 0.2) is 87.0 Å². The number of nitrogen functional groups attached to an aromatic ring is 1. The summed E-state index contributed by atoms with van der Waals surface area (Å²) in [5.41, 5.74) is 6.65. The van der Waals surface area contributed by atoms with Crippen molar-refractivity contribution in [3.8, 4) is 5.75 Å². The molecule has 0 unspecified atom stereocenters. The predicted molar refractivity (Wildman–Crippen MR) is 132 cm³/mol. The molecule has 4 aromatic rings. The number of nitrogens with two attached hydrogens (primary N) is 1. The highest BCUT2D eigenvalue weighted by molar-refractivity contribution is 5.95. The van der Waals surface area contributed by atoms with Gasteiger partial charge in [0, 0.05) is 0 Å². The molecular formula is C26H26N4O5. The molecule has 0 saturated heterocycles. The molecule has 4 rings (SSSR count). The van der Waals surface area contributed by atoms with Crippen LogP contribution in [-0.4, -0.2) is 22.1 Å². The van der Waals surface area contributed by atoms with Crippen LogP contribution in [0.1, 0.15) is 23.3 Å². The van der Waals surface area contributed by atoms with Crippen molar-refractivity contribution in [2.24, 2.45) is 0 Å². The number of nitrogens with one attached hydrogen (secondary N) is 1. The highest BCUT2D eigenvalue weighted by atomic mass is 16.5. The van der Waals surface area contributed by atoms with Crippen LogP contribution in [0.25, 0.3) is 0 Å². The van der Waals surface area contributed by atoms with Gasteiger partial charge in [0.2, 0.25) is 5.91 Å². The number of rotatable bonds is 9. The SMILES string of the molecule is Cc1cccc(OCCC(=O)N(Cc2ccco2)c2c(N)n(Cc3ccccc3)c(=O)[nH]c2=O)c1. The quantitative estimate of drug-likeness (QED) is 0.384. The fourth-order valence-corrected chi connectivity index (χ4v) is 3.71. The molecule has 0 bridgehead atoms. The Labute approximate surface area is 201 Å². The molecule has 2 heterocycles. The maximum absolute atomic E-state index is 13.3. The molecule has 2 aromatic heterocycles. The topological polar surface area (TPSA) is 124 Å². The average Bonchev–Trinajstić information content (AvgIpc) is 3.35. The number of amides is 1. The lowest BCUT2D eigenvalue weighted by Crippen LogP contribution is -2.41. The van der Waals surface area contributed by atoms with Gasteiger partial charge in [-0.15, -0.1) is 0 Å². The van der Waals surface area contributed by atoms with E-state index in [1.54, 1.807) is 18.2 Å². The number of aryl methyl sites for hydroxylation is 1. The van der Waals surface area contributed by atoms with E-state index >= 15 is 0 Å². The molecular weight excluding hydrogens is 448 g/mol. The molecule has 9 heteroatoms. The van der Waals surface area contributed by atoms with E-state index in [4.69, 9.17) is 14.9 Å². The molecule has 1 amide bonds. The molecule has 35 heavy (non-hydrogen) atoms. The summed E-state index contributed by atoms with van der Waals surface area (Å²) in [6, 6.07) is 20.1. The third-order valence-electron chi connectivity index (χ3n) is 5.44. The Kier molecular flexibility index (Phi) is 7.15. The van der Waals surface area contributed by atoms with Crippen LogP contribution in [0.2, 0.25) is 0 Å². The highest BCUT2D eigenvalue weighted by Gasteiger charge is 2.25. The van der Waals surface area contributed by atoms with Crippen LogP contribution in [0.5, 0.6) is 5.75 Å². The zero-order valence-electron chi connectivity index (χ0n) is 19.3. The summed E-state index contributed by atoms with van der Waals surface area (Å²) in [6.45, 7) is 2.14. The van der Waals surface area contributed by atoms with Gasteiger partial charge in [0.15, 0.2) is 5.69 Å². The second kappa shape index (κ2) is 10.6. The first-order valence-electron chi connectivity index (χ1n) is 11.1. The first-order chi connectivity index (χ1) is 16.9. The van der Waals surface area contributed by atoms with Gasteiger partial charge in [-0.05, 0) is 42.3 Å². The molecule has 3 N–H and O–H groups in total. The molecule has 180 valence electrons. The van der Waals surface area contributed by atoms with Crippen molar-refractivity contribution in [2.75, 3.05) is 17.2 Å². The van der Waals surface area contributed by atoms with Gasteiger partial charge in [-0.25, -0.2) is 4.79 Å². The Morgan fingerprint density at radius 3 is 2.60 bits per heavy atom. The number of benzene rings is 2. The third-order valence-corrected chi connectivity index (χ3v) is 5.44. The lowest BCUT2D eigenvalue weighted by molar-refractivity contribution is -0.119. The van der Waals surface area contributed by atoms with Crippen molar-refractivity contribution in [3.63, 3.8) is 0 Å². The van der Waals surface area contributed by atoms with Crippen molar-refractivity contribution in [3.05, 3.63) is 111 Å². The number of ether oxygens (including phenoxy) is 1. The predicted octanol–water partition coefficient (Wildman–Crippen LogP) is 3.07. The molecule has 0 atom stereocenters. The van der Waals surface area contributed by atoms with Crippen molar-refractivity contribution < 1.29 is 13.9 Å². The monoisotopic (exact) mass is 474 g/mol. The largest absolute Gasteiger partial charge is 0.493 e. The molecule has 0 radical (unpaired) electrons. The average molecular weight is 475 g/mol. The van der Waals surface area contributed by atoms with Gasteiger partial charge in [-0.3, -0.25) is 24.0 Å². The number of aromatic amines is 1. The van der Waals surface area contributed by atoms with Crippen LogP contribution in [0.3, 0.4) is 0 Å². The Morgan fingerprint density at radius 2 is 1.89 bits per heavy atom. The molecule has 0 aliphatic heterocycles. The van der Waals surface area contributed by atoms with E-state index < -0.39 is 17.2 Å². The van der Waals surface area contributed by atoms with Gasteiger partial charge in [0.05, 0.1) is 32.4 Å². The van der Waals surface area contributed by atoms with Crippen LogP contribution in [-0.2, 0) is 17.9 Å². The number of nitrogens with zero attached hydrogens (tertiary/aromatic N) is 2. The van der Waals surface area contributed by atoms with Crippen molar-refractivity contribution in [1.29, 1.82) is 0 Å². The van der Waals surface area contributed by atoms with Crippen LogP contribution in [0.4, 0.5) is 11.5 Å². The van der Waals surface area contributed by atoms with Gasteiger partial charge in [-0.2, -0.15) is 0 Å². The number of hydrogen-bond donors (Lipinski definition) is 2. The summed E-state index contributed by atoms with van der Waals surface area (Å²) < 4.78 is 12.4. The standard InChI is InChI=1S/C26H26N4O5/c1-18-7-5-10-20(15-18)35-14-12-22(31)29(17-21-11-6-13-34-21)23-24(27)30(26(33)28-25(23)32)16-19-8-3-2-4-9-19/h2-11,13,15H,12,14,16-17,27H2,1H3,(H,28,32,33). The Balaban J connectivity index is 1.64. The number of aromatic nitrogens is 2. The molecule has 9 nitrogen and oxygen atoms in total. The van der Waals surface area contributed by atoms with E-state index in [1.165, 1.54) is 15.7 Å². The van der Waals surface area contributed by atoms with E-state index in [1.807, 2.05) is 55.5 Å². The smallest absolute Gasteiger partial charge is 0.330 e. The van der Waals surface area contributed by atoms with Gasteiger partial charge in [-0.1, -0.05) is 42.5 Å². The summed E-state index contributed by atoms with van der Waals surface area (Å²) in [5, 5.41) is 0. The van der Waals surface area contributed by atoms with E-state index in [0.717, 1.165) is 11.1 Å². The normalized spacial score (nSPS) is 10.8. The molecule has 0 spiro atoms. The molecule has 2 aromatic carbocycles. The van der Waals surface area contributed by atoms with Crippen LogP contribution >= 0.6 is 0 Å². The molecule has 0 saturated carbocycles. The van der Waals surface area contributed by atoms with Crippen LogP contribution in [0, 0.1) is 6.92 Å². The van der Waals surface area contributed by atoms with Crippen molar-refractivity contribution in [1.82, 2.24) is 9.55 Å². The lowest BCUT2D eigenvalue weighted by Gasteiger charge is -2.24. The second-order valence-corrected chi connectivity index (χ2v) is 8.04. The molecule has 0 fully saturated rings. The minimum absolute atomic E-state index is 0.0225. The van der Waals surface area contributed by atoms with Gasteiger partial charge in [0.25, 0.3) is 5.56 Å². The number of hydrogen-bond acceptors (Lipinski definition) is 6. The highest BCUT2D eigenvalue weighted by Crippen LogP contribution is 2.22. The minimum atomic E-state index is -0.753. The summed E-state index contributed by atoms with van der Waals surface area (Å²) in [6.07, 6.45) is 1.45. The summed E-state index contributed by atoms with van der Waals surface area (Å²) >= 11 is 0. The number of H-pyrrole nitrogens is 1. The lowest BCUT2D eigenvalue weighted by atomic mass is 10.2. The maximum atomic E-state index is 13.3. The summed E-state index contributed by atoms with van der Waals surface area (Å²) in [4.78, 5) is 42.2. The Morgan fingerprint density at radius 1 is 1.09 bits per heavy atom. The second-order valence-electron chi connectivity index (χ2n) is 8.04. The third kappa shape index (κ3) is 5.70. The number of carbonyl (C=O) groups is 1. The first kappa shape index (κ1) is 23.6. The van der Waals surface area contributed by atoms with Crippen molar-refractivity contribution >= 4 is 17.4 Å².